The molecule has 0 radical (unpaired) electrons. The Hall–Kier alpha value is -0.610. The monoisotopic (exact) mass is 148 g/mol. The van der Waals surface area contributed by atoms with Crippen LogP contribution in [0.5, 0.6) is 0 Å². The predicted molar refractivity (Wildman–Crippen MR) is 33.7 cm³/mol. The molecule has 4 heteroatoms. The second kappa shape index (κ2) is 2.56. The molecule has 1 saturated carbocycles. The zero-order chi connectivity index (χ0) is 9.52. The van der Waals surface area contributed by atoms with Gasteiger partial charge in [-0.2, -0.15) is 0 Å². The molecular formula is C6H14N2O2+2. The van der Waals surface area contributed by atoms with Crippen molar-refractivity contribution >= 4 is 5.97 Å². The summed E-state index contributed by atoms with van der Waals surface area (Å²) in [5.74, 6) is -1.41. The summed E-state index contributed by atoms with van der Waals surface area (Å²) >= 11 is 0. The topological polar surface area (TPSA) is 92.6 Å². The average molecular weight is 148 g/mol. The van der Waals surface area contributed by atoms with Crippen LogP contribution < -0.4 is 11.5 Å². The molecule has 1 rings (SSSR count). The summed E-state index contributed by atoms with van der Waals surface area (Å²) < 4.78 is 15.0. The summed E-state index contributed by atoms with van der Waals surface area (Å²) in [6, 6.07) is -1.13. The molecule has 0 aliphatic heterocycles. The van der Waals surface area contributed by atoms with Crippen molar-refractivity contribution in [2.24, 2.45) is 5.92 Å². The Kier molecular flexibility index (Phi) is 1.30. The minimum Gasteiger partial charge on any atom is -0.477 e. The Balaban J connectivity index is 2.64. The van der Waals surface area contributed by atoms with Crippen molar-refractivity contribution in [2.75, 3.05) is 0 Å². The molecule has 0 saturated heterocycles. The first-order valence-corrected chi connectivity index (χ1v) is 3.26. The van der Waals surface area contributed by atoms with Crippen LogP contribution in [-0.4, -0.2) is 23.2 Å². The van der Waals surface area contributed by atoms with Crippen LogP contribution in [0.15, 0.2) is 0 Å². The summed E-state index contributed by atoms with van der Waals surface area (Å²) in [7, 11) is 0. The van der Waals surface area contributed by atoms with Gasteiger partial charge in [0.25, 0.3) is 0 Å². The van der Waals surface area contributed by atoms with Crippen molar-refractivity contribution in [1.82, 2.24) is 0 Å². The van der Waals surface area contributed by atoms with E-state index in [-0.39, 0.29) is 12.0 Å². The van der Waals surface area contributed by atoms with E-state index in [0.29, 0.717) is 6.42 Å². The van der Waals surface area contributed by atoms with Crippen LogP contribution in [0.3, 0.4) is 0 Å². The van der Waals surface area contributed by atoms with Gasteiger partial charge in [-0.25, -0.2) is 4.79 Å². The largest absolute Gasteiger partial charge is 0.477 e. The van der Waals surface area contributed by atoms with Crippen LogP contribution in [0.25, 0.3) is 0 Å². The predicted octanol–water partition coefficient (Wildman–Crippen LogP) is -2.30. The van der Waals surface area contributed by atoms with Gasteiger partial charge in [0.2, 0.25) is 0 Å². The maximum Gasteiger partial charge on any atom is 0.362 e. The quantitative estimate of drug-likeness (QED) is 0.420. The molecule has 0 aromatic carbocycles. The van der Waals surface area contributed by atoms with E-state index in [2.05, 4.69) is 11.5 Å². The van der Waals surface area contributed by atoms with Gasteiger partial charge in [0.1, 0.15) is 0 Å². The lowest BCUT2D eigenvalue weighted by Crippen LogP contribution is -2.65. The highest BCUT2D eigenvalue weighted by molar-refractivity contribution is 5.71. The smallest absolute Gasteiger partial charge is 0.362 e. The number of carbonyl (C=O) groups is 1. The highest BCUT2D eigenvalue weighted by Crippen LogP contribution is 2.30. The lowest BCUT2D eigenvalue weighted by Gasteiger charge is -1.98. The third-order valence-corrected chi connectivity index (χ3v) is 1.64. The first-order valence-electron chi connectivity index (χ1n) is 4.26. The first-order chi connectivity index (χ1) is 5.37. The maximum atomic E-state index is 10.5. The molecule has 1 aliphatic rings. The van der Waals surface area contributed by atoms with Crippen LogP contribution in [0, 0.1) is 5.92 Å². The SMILES string of the molecule is [2H]C([2H])(C([NH3+])C(=O)O)[C@@H]1C[C@H]1[NH3+]. The Morgan fingerprint density at radius 2 is 2.50 bits per heavy atom. The Morgan fingerprint density at radius 3 is 2.80 bits per heavy atom. The molecule has 0 amide bonds. The number of quaternary nitrogens is 2. The van der Waals surface area contributed by atoms with Gasteiger partial charge in [-0.05, 0) is 0 Å². The lowest BCUT2D eigenvalue weighted by molar-refractivity contribution is -0.416. The molecule has 1 fully saturated rings. The maximum absolute atomic E-state index is 10.5. The van der Waals surface area contributed by atoms with Gasteiger partial charge >= 0.3 is 5.97 Å². The van der Waals surface area contributed by atoms with Crippen molar-refractivity contribution in [2.45, 2.75) is 24.9 Å². The summed E-state index contributed by atoms with van der Waals surface area (Å²) in [4.78, 5) is 10.5. The van der Waals surface area contributed by atoms with Crippen molar-refractivity contribution in [3.63, 3.8) is 0 Å². The second-order valence-electron chi connectivity index (χ2n) is 2.66. The Bertz CT molecular complexity index is 210. The van der Waals surface area contributed by atoms with Crippen LogP contribution in [0.1, 0.15) is 15.5 Å². The van der Waals surface area contributed by atoms with E-state index in [4.69, 9.17) is 7.85 Å². The van der Waals surface area contributed by atoms with Gasteiger partial charge in [0.05, 0.1) is 6.04 Å². The molecule has 0 aromatic rings. The summed E-state index contributed by atoms with van der Waals surface area (Å²) in [5, 5.41) is 8.56. The van der Waals surface area contributed by atoms with E-state index < -0.39 is 18.4 Å². The number of carboxylic acids is 1. The van der Waals surface area contributed by atoms with Crippen molar-refractivity contribution in [3.05, 3.63) is 0 Å². The van der Waals surface area contributed by atoms with E-state index >= 15 is 0 Å². The fraction of sp³-hybridized carbons (Fsp3) is 0.833. The molecule has 58 valence electrons. The van der Waals surface area contributed by atoms with E-state index in [1.54, 1.807) is 0 Å². The molecule has 0 heterocycles. The zero-order valence-electron chi connectivity index (χ0n) is 7.71. The van der Waals surface area contributed by atoms with E-state index in [9.17, 15) is 4.79 Å². The average Bonchev–Trinajstić information content (AvgIpc) is 2.65. The number of aliphatic carboxylic acids is 1. The number of rotatable bonds is 3. The molecule has 0 bridgehead atoms. The van der Waals surface area contributed by atoms with Gasteiger partial charge < -0.3 is 16.6 Å². The standard InChI is InChI=1S/C6H12N2O2/c7-4-1-3(4)2-5(8)6(9)10/h3-5H,1-2,7-8H2,(H,9,10)/p+2/t3-,4+,5?/m0/s1/i2D2. The van der Waals surface area contributed by atoms with Gasteiger partial charge in [0, 0.05) is 21.5 Å². The van der Waals surface area contributed by atoms with Crippen LogP contribution in [0.4, 0.5) is 0 Å². The molecular weight excluding hydrogens is 132 g/mol. The molecule has 0 spiro atoms. The third kappa shape index (κ3) is 1.68. The van der Waals surface area contributed by atoms with E-state index in [1.165, 1.54) is 0 Å². The fourth-order valence-corrected chi connectivity index (χ4v) is 0.781. The van der Waals surface area contributed by atoms with Crippen molar-refractivity contribution in [3.8, 4) is 0 Å². The molecule has 1 unspecified atom stereocenters. The normalized spacial score (nSPS) is 37.8. The van der Waals surface area contributed by atoms with Gasteiger partial charge in [-0.3, -0.25) is 0 Å². The number of carboxylic acid groups (broad SMARTS) is 1. The van der Waals surface area contributed by atoms with E-state index in [0.717, 1.165) is 0 Å². The van der Waals surface area contributed by atoms with Crippen LogP contribution in [-0.2, 0) is 4.79 Å². The molecule has 0 aromatic heterocycles. The molecule has 4 nitrogen and oxygen atoms in total. The van der Waals surface area contributed by atoms with Crippen LogP contribution in [0.2, 0.25) is 0 Å². The second-order valence-corrected chi connectivity index (χ2v) is 2.66. The van der Waals surface area contributed by atoms with Crippen molar-refractivity contribution in [1.29, 1.82) is 0 Å². The minimum atomic E-state index is -1.71. The lowest BCUT2D eigenvalue weighted by atomic mass is 10.1. The molecule has 1 aliphatic carbocycles. The zero-order valence-corrected chi connectivity index (χ0v) is 5.71. The van der Waals surface area contributed by atoms with Gasteiger partial charge in [-0.1, -0.05) is 0 Å². The summed E-state index contributed by atoms with van der Waals surface area (Å²) in [5.41, 5.74) is 6.98. The van der Waals surface area contributed by atoms with E-state index in [1.807, 2.05) is 0 Å². The molecule has 3 atom stereocenters. The Morgan fingerprint density at radius 1 is 2.00 bits per heavy atom. The summed E-state index contributed by atoms with van der Waals surface area (Å²) in [6.07, 6.45) is -1.04. The highest BCUT2D eigenvalue weighted by atomic mass is 16.4. The number of hydrogen-bond acceptors (Lipinski definition) is 1. The van der Waals surface area contributed by atoms with Crippen LogP contribution >= 0.6 is 0 Å². The highest BCUT2D eigenvalue weighted by Gasteiger charge is 2.41. The first kappa shape index (κ1) is 5.09. The number of hydrogen-bond donors (Lipinski definition) is 3. The molecule has 7 N–H and O–H groups in total. The van der Waals surface area contributed by atoms with Crippen molar-refractivity contribution < 1.29 is 24.1 Å². The third-order valence-electron chi connectivity index (χ3n) is 1.64. The molecule has 10 heavy (non-hydrogen) atoms. The Labute approximate surface area is 62.0 Å². The summed E-state index contributed by atoms with van der Waals surface area (Å²) in [6.45, 7) is 0. The van der Waals surface area contributed by atoms with Gasteiger partial charge in [0.15, 0.2) is 6.04 Å². The minimum absolute atomic E-state index is 0.0589. The fourth-order valence-electron chi connectivity index (χ4n) is 0.781. The van der Waals surface area contributed by atoms with Gasteiger partial charge in [-0.15, -0.1) is 0 Å².